The van der Waals surface area contributed by atoms with Gasteiger partial charge in [-0.3, -0.25) is 4.79 Å². The predicted molar refractivity (Wildman–Crippen MR) is 95.7 cm³/mol. The van der Waals surface area contributed by atoms with Crippen molar-refractivity contribution in [3.05, 3.63) is 59.7 Å². The fourth-order valence-corrected chi connectivity index (χ4v) is 2.34. The quantitative estimate of drug-likeness (QED) is 0.822. The van der Waals surface area contributed by atoms with E-state index in [0.29, 0.717) is 12.2 Å². The molecule has 2 rings (SSSR count). The molecule has 0 fully saturated rings. The minimum Gasteiger partial charge on any atom is -0.494 e. The van der Waals surface area contributed by atoms with E-state index in [9.17, 15) is 4.79 Å². The molecule has 2 aromatic rings. The van der Waals surface area contributed by atoms with Crippen LogP contribution in [0.5, 0.6) is 11.5 Å². The first-order valence-electron chi connectivity index (χ1n) is 8.30. The van der Waals surface area contributed by atoms with Gasteiger partial charge in [-0.25, -0.2) is 0 Å². The molecular formula is C20H25NO3. The van der Waals surface area contributed by atoms with Gasteiger partial charge in [-0.15, -0.1) is 0 Å². The Balaban J connectivity index is 1.97. The first-order valence-corrected chi connectivity index (χ1v) is 8.30. The number of hydrogen-bond donors (Lipinski definition) is 1. The lowest BCUT2D eigenvalue weighted by Gasteiger charge is -2.15. The molecule has 1 amide bonds. The molecule has 4 heteroatoms. The summed E-state index contributed by atoms with van der Waals surface area (Å²) in [5.41, 5.74) is 1.65. The standard InChI is InChI=1S/C20H25NO3/c1-5-23-18-10-6-16(7-11-18)15(4)21-20(22)17-8-12-19(13-9-17)24-14(2)3/h6-15H,5H2,1-4H3,(H,21,22). The molecule has 4 nitrogen and oxygen atoms in total. The number of hydrogen-bond acceptors (Lipinski definition) is 3. The van der Waals surface area contributed by atoms with Crippen molar-refractivity contribution >= 4 is 5.91 Å². The van der Waals surface area contributed by atoms with E-state index in [0.717, 1.165) is 17.1 Å². The van der Waals surface area contributed by atoms with Crippen LogP contribution in [0.15, 0.2) is 48.5 Å². The average Bonchev–Trinajstić information content (AvgIpc) is 2.56. The van der Waals surface area contributed by atoms with Gasteiger partial charge in [0.25, 0.3) is 5.91 Å². The largest absolute Gasteiger partial charge is 0.494 e. The molecular weight excluding hydrogens is 302 g/mol. The van der Waals surface area contributed by atoms with E-state index in [1.807, 2.05) is 64.1 Å². The van der Waals surface area contributed by atoms with Crippen LogP contribution >= 0.6 is 0 Å². The molecule has 0 heterocycles. The van der Waals surface area contributed by atoms with Gasteiger partial charge in [0.05, 0.1) is 18.8 Å². The second-order valence-electron chi connectivity index (χ2n) is 5.89. The third-order valence-corrected chi connectivity index (χ3v) is 3.53. The molecule has 0 aliphatic carbocycles. The van der Waals surface area contributed by atoms with Crippen molar-refractivity contribution in [1.82, 2.24) is 5.32 Å². The predicted octanol–water partition coefficient (Wildman–Crippen LogP) is 4.36. The summed E-state index contributed by atoms with van der Waals surface area (Å²) < 4.78 is 11.0. The number of amides is 1. The Labute approximate surface area is 143 Å². The second kappa shape index (κ2) is 8.39. The number of benzene rings is 2. The molecule has 0 saturated heterocycles. The Kier molecular flexibility index (Phi) is 6.24. The van der Waals surface area contributed by atoms with E-state index in [-0.39, 0.29) is 18.1 Å². The van der Waals surface area contributed by atoms with Crippen LogP contribution in [0.25, 0.3) is 0 Å². The van der Waals surface area contributed by atoms with Gasteiger partial charge in [-0.1, -0.05) is 12.1 Å². The highest BCUT2D eigenvalue weighted by atomic mass is 16.5. The lowest BCUT2D eigenvalue weighted by atomic mass is 10.1. The van der Waals surface area contributed by atoms with Crippen molar-refractivity contribution < 1.29 is 14.3 Å². The monoisotopic (exact) mass is 327 g/mol. The summed E-state index contributed by atoms with van der Waals surface area (Å²) in [6, 6.07) is 14.9. The first-order chi connectivity index (χ1) is 11.5. The number of carbonyl (C=O) groups excluding carboxylic acids is 1. The number of rotatable bonds is 7. The van der Waals surface area contributed by atoms with Gasteiger partial charge in [0.2, 0.25) is 0 Å². The minimum absolute atomic E-state index is 0.0835. The van der Waals surface area contributed by atoms with Crippen LogP contribution in [0.3, 0.4) is 0 Å². The topological polar surface area (TPSA) is 47.6 Å². The first kappa shape index (κ1) is 17.9. The van der Waals surface area contributed by atoms with Crippen LogP contribution in [0.2, 0.25) is 0 Å². The molecule has 0 aliphatic heterocycles. The van der Waals surface area contributed by atoms with Crippen molar-refractivity contribution in [2.24, 2.45) is 0 Å². The Hall–Kier alpha value is -2.49. The molecule has 0 radical (unpaired) electrons. The molecule has 128 valence electrons. The van der Waals surface area contributed by atoms with Crippen LogP contribution in [0.1, 0.15) is 49.7 Å². The van der Waals surface area contributed by atoms with E-state index < -0.39 is 0 Å². The summed E-state index contributed by atoms with van der Waals surface area (Å²) in [6.45, 7) is 8.50. The maximum absolute atomic E-state index is 12.4. The fraction of sp³-hybridized carbons (Fsp3) is 0.350. The average molecular weight is 327 g/mol. The zero-order valence-corrected chi connectivity index (χ0v) is 14.7. The molecule has 2 aromatic carbocycles. The Morgan fingerprint density at radius 3 is 2.08 bits per heavy atom. The smallest absolute Gasteiger partial charge is 0.251 e. The summed E-state index contributed by atoms with van der Waals surface area (Å²) >= 11 is 0. The Bertz CT molecular complexity index is 648. The van der Waals surface area contributed by atoms with Crippen molar-refractivity contribution in [1.29, 1.82) is 0 Å². The maximum Gasteiger partial charge on any atom is 0.251 e. The lowest BCUT2D eigenvalue weighted by Crippen LogP contribution is -2.26. The van der Waals surface area contributed by atoms with Crippen LogP contribution in [0.4, 0.5) is 0 Å². The van der Waals surface area contributed by atoms with E-state index >= 15 is 0 Å². The molecule has 0 spiro atoms. The zero-order chi connectivity index (χ0) is 17.5. The van der Waals surface area contributed by atoms with Crippen LogP contribution < -0.4 is 14.8 Å². The highest BCUT2D eigenvalue weighted by molar-refractivity contribution is 5.94. The zero-order valence-electron chi connectivity index (χ0n) is 14.7. The van der Waals surface area contributed by atoms with Gasteiger partial charge in [0, 0.05) is 5.56 Å². The van der Waals surface area contributed by atoms with Gasteiger partial charge in [0.1, 0.15) is 11.5 Å². The lowest BCUT2D eigenvalue weighted by molar-refractivity contribution is 0.0940. The van der Waals surface area contributed by atoms with Crippen molar-refractivity contribution in [3.63, 3.8) is 0 Å². The summed E-state index contributed by atoms with van der Waals surface area (Å²) in [5.74, 6) is 1.49. The molecule has 0 saturated carbocycles. The summed E-state index contributed by atoms with van der Waals surface area (Å²) in [5, 5.41) is 3.00. The van der Waals surface area contributed by atoms with Crippen LogP contribution in [-0.4, -0.2) is 18.6 Å². The molecule has 1 unspecified atom stereocenters. The summed E-state index contributed by atoms with van der Waals surface area (Å²) in [6.07, 6.45) is 0.115. The third kappa shape index (κ3) is 5.01. The van der Waals surface area contributed by atoms with Crippen LogP contribution in [-0.2, 0) is 0 Å². The minimum atomic E-state index is -0.104. The molecule has 0 aliphatic rings. The Morgan fingerprint density at radius 2 is 1.54 bits per heavy atom. The second-order valence-corrected chi connectivity index (χ2v) is 5.89. The summed E-state index contributed by atoms with van der Waals surface area (Å²) in [4.78, 5) is 12.4. The highest BCUT2D eigenvalue weighted by Crippen LogP contribution is 2.19. The van der Waals surface area contributed by atoms with Gasteiger partial charge in [0.15, 0.2) is 0 Å². The van der Waals surface area contributed by atoms with E-state index in [2.05, 4.69) is 5.32 Å². The van der Waals surface area contributed by atoms with Gasteiger partial charge in [-0.05, 0) is 69.7 Å². The number of ether oxygens (including phenoxy) is 2. The maximum atomic E-state index is 12.4. The number of nitrogens with one attached hydrogen (secondary N) is 1. The molecule has 0 aromatic heterocycles. The highest BCUT2D eigenvalue weighted by Gasteiger charge is 2.12. The van der Waals surface area contributed by atoms with Gasteiger partial charge >= 0.3 is 0 Å². The Morgan fingerprint density at radius 1 is 0.958 bits per heavy atom. The SMILES string of the molecule is CCOc1ccc(C(C)NC(=O)c2ccc(OC(C)C)cc2)cc1. The van der Waals surface area contributed by atoms with Crippen molar-refractivity contribution in [3.8, 4) is 11.5 Å². The number of carbonyl (C=O) groups is 1. The fourth-order valence-electron chi connectivity index (χ4n) is 2.34. The normalized spacial score (nSPS) is 11.9. The van der Waals surface area contributed by atoms with E-state index in [1.165, 1.54) is 0 Å². The summed E-state index contributed by atoms with van der Waals surface area (Å²) in [7, 11) is 0. The molecule has 0 bridgehead atoms. The van der Waals surface area contributed by atoms with E-state index in [4.69, 9.17) is 9.47 Å². The molecule has 1 atom stereocenters. The third-order valence-electron chi connectivity index (χ3n) is 3.53. The molecule has 24 heavy (non-hydrogen) atoms. The van der Waals surface area contributed by atoms with Gasteiger partial charge in [-0.2, -0.15) is 0 Å². The van der Waals surface area contributed by atoms with E-state index in [1.54, 1.807) is 12.1 Å². The van der Waals surface area contributed by atoms with Gasteiger partial charge < -0.3 is 14.8 Å². The van der Waals surface area contributed by atoms with Crippen LogP contribution in [0, 0.1) is 0 Å². The van der Waals surface area contributed by atoms with Crippen molar-refractivity contribution in [2.45, 2.75) is 39.8 Å². The van der Waals surface area contributed by atoms with Crippen molar-refractivity contribution in [2.75, 3.05) is 6.61 Å². The molecule has 1 N–H and O–H groups in total.